The molecule has 1 saturated heterocycles. The number of hydrogen-bond donors (Lipinski definition) is 1. The maximum Gasteiger partial charge on any atom is 0.284 e. The van der Waals surface area contributed by atoms with E-state index in [4.69, 9.17) is 21.4 Å². The molecule has 0 saturated carbocycles. The Morgan fingerprint density at radius 3 is 2.89 bits per heavy atom. The van der Waals surface area contributed by atoms with Gasteiger partial charge in [0.2, 0.25) is 0 Å². The number of hydrogen-bond acceptors (Lipinski definition) is 7. The van der Waals surface area contributed by atoms with Crippen LogP contribution in [0.1, 0.15) is 18.5 Å². The van der Waals surface area contributed by atoms with Crippen molar-refractivity contribution in [2.45, 2.75) is 19.4 Å². The van der Waals surface area contributed by atoms with E-state index in [1.807, 2.05) is 0 Å². The third-order valence-electron chi connectivity index (χ3n) is 2.98. The molecule has 0 amide bonds. The molecule has 3 rings (SSSR count). The largest absolute Gasteiger partial charge is 0.408 e. The SMILES string of the molecule is COCc1nc(N2CCCC2)sc1-c1n[nH]c(=S)o1. The smallest absolute Gasteiger partial charge is 0.284 e. The van der Waals surface area contributed by atoms with E-state index in [2.05, 4.69) is 20.1 Å². The Labute approximate surface area is 119 Å². The van der Waals surface area contributed by atoms with Crippen molar-refractivity contribution < 1.29 is 9.15 Å². The summed E-state index contributed by atoms with van der Waals surface area (Å²) in [5, 5.41) is 7.71. The van der Waals surface area contributed by atoms with Gasteiger partial charge in [-0.25, -0.2) is 10.1 Å². The summed E-state index contributed by atoms with van der Waals surface area (Å²) in [5.74, 6) is 0.486. The lowest BCUT2D eigenvalue weighted by molar-refractivity contribution is 0.182. The third-order valence-corrected chi connectivity index (χ3v) is 4.30. The molecule has 3 heterocycles. The second-order valence-corrected chi connectivity index (χ2v) is 5.67. The molecule has 2 aromatic heterocycles. The van der Waals surface area contributed by atoms with E-state index in [1.54, 1.807) is 18.4 Å². The van der Waals surface area contributed by atoms with Crippen LogP contribution in [0.5, 0.6) is 0 Å². The van der Waals surface area contributed by atoms with Gasteiger partial charge in [-0.05, 0) is 25.1 Å². The fourth-order valence-corrected chi connectivity index (χ4v) is 3.28. The van der Waals surface area contributed by atoms with Crippen LogP contribution in [0, 0.1) is 4.84 Å². The van der Waals surface area contributed by atoms with E-state index in [0.29, 0.717) is 12.5 Å². The normalized spacial score (nSPS) is 15.3. The summed E-state index contributed by atoms with van der Waals surface area (Å²) >= 11 is 6.49. The van der Waals surface area contributed by atoms with Gasteiger partial charge in [0.15, 0.2) is 5.13 Å². The highest BCUT2D eigenvalue weighted by atomic mass is 32.1. The Balaban J connectivity index is 1.98. The highest BCUT2D eigenvalue weighted by molar-refractivity contribution is 7.71. The Bertz CT molecular complexity index is 612. The second-order valence-electron chi connectivity index (χ2n) is 4.32. The van der Waals surface area contributed by atoms with Crippen molar-refractivity contribution in [2.24, 2.45) is 0 Å². The van der Waals surface area contributed by atoms with Crippen molar-refractivity contribution in [1.82, 2.24) is 15.2 Å². The number of aromatic amines is 1. The summed E-state index contributed by atoms with van der Waals surface area (Å²) in [6.45, 7) is 2.56. The van der Waals surface area contributed by atoms with Crippen LogP contribution in [0.25, 0.3) is 10.8 Å². The fraction of sp³-hybridized carbons (Fsp3) is 0.545. The molecular weight excluding hydrogens is 284 g/mol. The minimum absolute atomic E-state index is 0.273. The van der Waals surface area contributed by atoms with Crippen LogP contribution in [-0.2, 0) is 11.3 Å². The molecule has 1 aliphatic heterocycles. The molecule has 19 heavy (non-hydrogen) atoms. The predicted octanol–water partition coefficient (Wildman–Crippen LogP) is 2.60. The van der Waals surface area contributed by atoms with Gasteiger partial charge in [-0.2, -0.15) is 0 Å². The van der Waals surface area contributed by atoms with Crippen molar-refractivity contribution in [1.29, 1.82) is 0 Å². The molecule has 1 fully saturated rings. The number of nitrogens with one attached hydrogen (secondary N) is 1. The molecule has 0 spiro atoms. The standard InChI is InChI=1S/C11H14N4O2S2/c1-16-6-7-8(9-13-14-11(18)17-9)19-10(12-7)15-4-2-3-5-15/h2-6H2,1H3,(H,14,18). The van der Waals surface area contributed by atoms with Crippen molar-refractivity contribution in [3.05, 3.63) is 10.5 Å². The molecule has 1 N–H and O–H groups in total. The number of anilines is 1. The molecule has 2 aromatic rings. The average molecular weight is 298 g/mol. The zero-order valence-electron chi connectivity index (χ0n) is 10.5. The number of rotatable bonds is 4. The minimum atomic E-state index is 0.273. The number of H-pyrrole nitrogens is 1. The molecule has 8 heteroatoms. The Hall–Kier alpha value is -1.25. The van der Waals surface area contributed by atoms with Crippen LogP contribution in [0.2, 0.25) is 0 Å². The van der Waals surface area contributed by atoms with E-state index < -0.39 is 0 Å². The van der Waals surface area contributed by atoms with Gasteiger partial charge in [0, 0.05) is 20.2 Å². The van der Waals surface area contributed by atoms with Gasteiger partial charge in [0.1, 0.15) is 4.88 Å². The van der Waals surface area contributed by atoms with Crippen LogP contribution >= 0.6 is 23.6 Å². The van der Waals surface area contributed by atoms with Gasteiger partial charge in [0.25, 0.3) is 10.7 Å². The minimum Gasteiger partial charge on any atom is -0.408 e. The molecule has 0 aromatic carbocycles. The first-order valence-electron chi connectivity index (χ1n) is 6.07. The van der Waals surface area contributed by atoms with Crippen molar-refractivity contribution >= 4 is 28.7 Å². The number of methoxy groups -OCH3 is 1. The summed E-state index contributed by atoms with van der Waals surface area (Å²) in [6.07, 6.45) is 2.44. The summed E-state index contributed by atoms with van der Waals surface area (Å²) in [4.78, 5) is 8.08. The molecular formula is C11H14N4O2S2. The van der Waals surface area contributed by atoms with Crippen LogP contribution in [0.15, 0.2) is 4.42 Å². The lowest BCUT2D eigenvalue weighted by atomic mass is 10.4. The van der Waals surface area contributed by atoms with E-state index in [-0.39, 0.29) is 4.84 Å². The van der Waals surface area contributed by atoms with Crippen molar-refractivity contribution in [2.75, 3.05) is 25.1 Å². The summed E-state index contributed by atoms with van der Waals surface area (Å²) in [6, 6.07) is 0. The van der Waals surface area contributed by atoms with Crippen molar-refractivity contribution in [3.8, 4) is 10.8 Å². The highest BCUT2D eigenvalue weighted by Gasteiger charge is 2.22. The Morgan fingerprint density at radius 2 is 2.26 bits per heavy atom. The van der Waals surface area contributed by atoms with Crippen LogP contribution < -0.4 is 4.90 Å². The monoisotopic (exact) mass is 298 g/mol. The maximum absolute atomic E-state index is 5.38. The maximum atomic E-state index is 5.38. The lowest BCUT2D eigenvalue weighted by Crippen LogP contribution is -2.17. The number of nitrogens with zero attached hydrogens (tertiary/aromatic N) is 3. The fourth-order valence-electron chi connectivity index (χ4n) is 2.11. The quantitative estimate of drug-likeness (QED) is 0.875. The summed E-state index contributed by atoms with van der Waals surface area (Å²) in [7, 11) is 1.65. The Kier molecular flexibility index (Phi) is 3.63. The second kappa shape index (κ2) is 5.40. The molecule has 0 unspecified atom stereocenters. The summed E-state index contributed by atoms with van der Waals surface area (Å²) in [5.41, 5.74) is 0.847. The average Bonchev–Trinajstić information content (AvgIpc) is 3.08. The Morgan fingerprint density at radius 1 is 1.47 bits per heavy atom. The van der Waals surface area contributed by atoms with Crippen LogP contribution in [0.3, 0.4) is 0 Å². The van der Waals surface area contributed by atoms with Crippen LogP contribution in [-0.4, -0.2) is 35.4 Å². The first kappa shape index (κ1) is 12.8. The topological polar surface area (TPSA) is 67.2 Å². The van der Waals surface area contributed by atoms with Crippen LogP contribution in [0.4, 0.5) is 5.13 Å². The molecule has 0 aliphatic carbocycles. The first-order valence-corrected chi connectivity index (χ1v) is 7.30. The van der Waals surface area contributed by atoms with Gasteiger partial charge in [-0.3, -0.25) is 0 Å². The van der Waals surface area contributed by atoms with Gasteiger partial charge < -0.3 is 14.1 Å². The van der Waals surface area contributed by atoms with Gasteiger partial charge >= 0.3 is 0 Å². The lowest BCUT2D eigenvalue weighted by Gasteiger charge is -2.12. The highest BCUT2D eigenvalue weighted by Crippen LogP contribution is 2.35. The van der Waals surface area contributed by atoms with Gasteiger partial charge in [-0.1, -0.05) is 11.3 Å². The van der Waals surface area contributed by atoms with Crippen molar-refractivity contribution in [3.63, 3.8) is 0 Å². The van der Waals surface area contributed by atoms with E-state index in [1.165, 1.54) is 12.8 Å². The summed E-state index contributed by atoms with van der Waals surface area (Å²) < 4.78 is 10.6. The predicted molar refractivity (Wildman–Crippen MR) is 75.0 cm³/mol. The van der Waals surface area contributed by atoms with E-state index in [9.17, 15) is 0 Å². The molecule has 1 aliphatic rings. The van der Waals surface area contributed by atoms with Gasteiger partial charge in [-0.15, -0.1) is 5.10 Å². The first-order chi connectivity index (χ1) is 9.28. The number of thiazole rings is 1. The molecule has 6 nitrogen and oxygen atoms in total. The van der Waals surface area contributed by atoms with E-state index >= 15 is 0 Å². The molecule has 0 atom stereocenters. The third kappa shape index (κ3) is 2.56. The number of ether oxygens (including phenoxy) is 1. The van der Waals surface area contributed by atoms with E-state index in [0.717, 1.165) is 28.8 Å². The zero-order chi connectivity index (χ0) is 13.2. The van der Waals surface area contributed by atoms with Gasteiger partial charge in [0.05, 0.1) is 12.3 Å². The molecule has 0 bridgehead atoms. The molecule has 102 valence electrons. The zero-order valence-corrected chi connectivity index (χ0v) is 12.1. The number of aromatic nitrogens is 3. The molecule has 0 radical (unpaired) electrons.